The number of non-ortho nitro benzene ring substituents is 1. The van der Waals surface area contributed by atoms with Crippen LogP contribution in [0.4, 0.5) is 10.1 Å². The Balaban J connectivity index is 2.00. The lowest BCUT2D eigenvalue weighted by atomic mass is 10.1. The number of nitro benzene ring substituents is 1. The third kappa shape index (κ3) is 4.09. The Bertz CT molecular complexity index is 710. The van der Waals surface area contributed by atoms with Crippen molar-refractivity contribution in [2.75, 3.05) is 0 Å². The lowest BCUT2D eigenvalue weighted by Gasteiger charge is -2.06. The fraction of sp³-hybridized carbons (Fsp3) is 0.133. The number of nitriles is 1. The van der Waals surface area contributed by atoms with Crippen molar-refractivity contribution in [1.29, 1.82) is 5.26 Å². The predicted molar refractivity (Wildman–Crippen MR) is 74.8 cm³/mol. The topological polar surface area (TPSA) is 79.0 Å². The molecule has 2 aromatic rings. The molecule has 0 amide bonds. The molecule has 0 spiro atoms. The molecule has 0 fully saturated rings. The molecule has 0 atom stereocenters. The molecule has 0 aliphatic carbocycles. The van der Waals surface area contributed by atoms with Crippen LogP contribution in [0.1, 0.15) is 16.7 Å². The van der Waals surface area contributed by atoms with Gasteiger partial charge in [0.15, 0.2) is 0 Å². The Hall–Kier alpha value is -2.78. The molecule has 1 N–H and O–H groups in total. The van der Waals surface area contributed by atoms with Gasteiger partial charge in [0.25, 0.3) is 5.69 Å². The summed E-state index contributed by atoms with van der Waals surface area (Å²) in [4.78, 5) is 10.0. The quantitative estimate of drug-likeness (QED) is 0.676. The van der Waals surface area contributed by atoms with Gasteiger partial charge in [-0.15, -0.1) is 0 Å². The van der Waals surface area contributed by atoms with Gasteiger partial charge in [0.05, 0.1) is 22.6 Å². The molecule has 21 heavy (non-hydrogen) atoms. The van der Waals surface area contributed by atoms with Crippen LogP contribution in [0.25, 0.3) is 0 Å². The van der Waals surface area contributed by atoms with Crippen LogP contribution in [0, 0.1) is 27.3 Å². The molecule has 0 saturated heterocycles. The van der Waals surface area contributed by atoms with Gasteiger partial charge in [-0.3, -0.25) is 10.1 Å². The van der Waals surface area contributed by atoms with E-state index in [0.29, 0.717) is 24.2 Å². The van der Waals surface area contributed by atoms with E-state index in [-0.39, 0.29) is 5.69 Å². The Morgan fingerprint density at radius 2 is 1.95 bits per heavy atom. The van der Waals surface area contributed by atoms with E-state index in [1.54, 1.807) is 18.2 Å². The zero-order valence-electron chi connectivity index (χ0n) is 11.0. The van der Waals surface area contributed by atoms with Crippen LogP contribution >= 0.6 is 0 Å². The number of nitrogens with zero attached hydrogens (tertiary/aromatic N) is 2. The zero-order valence-corrected chi connectivity index (χ0v) is 11.0. The van der Waals surface area contributed by atoms with Gasteiger partial charge in [0.1, 0.15) is 5.82 Å². The second-order valence-electron chi connectivity index (χ2n) is 4.49. The summed E-state index contributed by atoms with van der Waals surface area (Å²) >= 11 is 0. The van der Waals surface area contributed by atoms with Crippen molar-refractivity contribution in [3.63, 3.8) is 0 Å². The van der Waals surface area contributed by atoms with Crippen LogP contribution in [0.15, 0.2) is 42.5 Å². The maximum absolute atomic E-state index is 13.3. The highest BCUT2D eigenvalue weighted by Gasteiger charge is 2.09. The summed E-state index contributed by atoms with van der Waals surface area (Å²) in [6.45, 7) is 0.787. The molecule has 5 nitrogen and oxygen atoms in total. The average molecular weight is 285 g/mol. The fourth-order valence-electron chi connectivity index (χ4n) is 1.94. The van der Waals surface area contributed by atoms with E-state index in [0.717, 1.165) is 11.6 Å². The molecular weight excluding hydrogens is 273 g/mol. The molecule has 6 heteroatoms. The van der Waals surface area contributed by atoms with E-state index in [4.69, 9.17) is 5.26 Å². The Morgan fingerprint density at radius 1 is 1.19 bits per heavy atom. The Morgan fingerprint density at radius 3 is 2.67 bits per heavy atom. The maximum Gasteiger partial charge on any atom is 0.272 e. The fourth-order valence-corrected chi connectivity index (χ4v) is 1.94. The SMILES string of the molecule is N#Cc1cccc(CNCc2cc(F)cc([N+](=O)[O-])c2)c1. The summed E-state index contributed by atoms with van der Waals surface area (Å²) < 4.78 is 13.3. The van der Waals surface area contributed by atoms with Crippen molar-refractivity contribution < 1.29 is 9.31 Å². The van der Waals surface area contributed by atoms with E-state index >= 15 is 0 Å². The first-order valence-corrected chi connectivity index (χ1v) is 6.22. The number of halogens is 1. The average Bonchev–Trinajstić information content (AvgIpc) is 2.47. The van der Waals surface area contributed by atoms with Crippen molar-refractivity contribution in [1.82, 2.24) is 5.32 Å². The number of rotatable bonds is 5. The van der Waals surface area contributed by atoms with Gasteiger partial charge >= 0.3 is 0 Å². The lowest BCUT2D eigenvalue weighted by Crippen LogP contribution is -2.13. The summed E-state index contributed by atoms with van der Waals surface area (Å²) in [5.74, 6) is -0.632. The molecule has 0 saturated carbocycles. The third-order valence-electron chi connectivity index (χ3n) is 2.87. The van der Waals surface area contributed by atoms with Crippen molar-refractivity contribution in [3.8, 4) is 6.07 Å². The summed E-state index contributed by atoms with van der Waals surface area (Å²) in [5.41, 5.74) is 1.71. The largest absolute Gasteiger partial charge is 0.309 e. The summed E-state index contributed by atoms with van der Waals surface area (Å²) in [5, 5.41) is 22.5. The Kier molecular flexibility index (Phi) is 4.59. The van der Waals surface area contributed by atoms with Crippen LogP contribution in [-0.4, -0.2) is 4.92 Å². The molecule has 0 aliphatic rings. The van der Waals surface area contributed by atoms with Crippen LogP contribution in [0.5, 0.6) is 0 Å². The standard InChI is InChI=1S/C15H12FN3O2/c16-14-5-13(6-15(7-14)19(20)21)10-18-9-12-3-1-2-11(4-12)8-17/h1-7,18H,9-10H2. The monoisotopic (exact) mass is 285 g/mol. The van der Waals surface area contributed by atoms with Crippen LogP contribution in [-0.2, 0) is 13.1 Å². The minimum atomic E-state index is -0.632. The van der Waals surface area contributed by atoms with Gasteiger partial charge in [0, 0.05) is 19.2 Å². The first-order valence-electron chi connectivity index (χ1n) is 6.22. The summed E-state index contributed by atoms with van der Waals surface area (Å²) in [6, 6.07) is 12.6. The molecule has 0 heterocycles. The van der Waals surface area contributed by atoms with Crippen LogP contribution < -0.4 is 5.32 Å². The van der Waals surface area contributed by atoms with E-state index in [1.807, 2.05) is 6.07 Å². The van der Waals surface area contributed by atoms with Gasteiger partial charge in [-0.2, -0.15) is 5.26 Å². The minimum absolute atomic E-state index is 0.265. The van der Waals surface area contributed by atoms with Gasteiger partial charge < -0.3 is 5.32 Å². The van der Waals surface area contributed by atoms with E-state index in [9.17, 15) is 14.5 Å². The van der Waals surface area contributed by atoms with Gasteiger partial charge in [-0.25, -0.2) is 4.39 Å². The Labute approximate surface area is 120 Å². The highest BCUT2D eigenvalue weighted by molar-refractivity contribution is 5.35. The van der Waals surface area contributed by atoms with Crippen LogP contribution in [0.2, 0.25) is 0 Å². The van der Waals surface area contributed by atoms with E-state index in [2.05, 4.69) is 11.4 Å². The van der Waals surface area contributed by atoms with Gasteiger partial charge in [-0.05, 0) is 29.3 Å². The molecule has 0 aromatic heterocycles. The molecule has 0 unspecified atom stereocenters. The van der Waals surface area contributed by atoms with Crippen molar-refractivity contribution in [2.24, 2.45) is 0 Å². The normalized spacial score (nSPS) is 10.1. The summed E-state index contributed by atoms with van der Waals surface area (Å²) in [7, 11) is 0. The highest BCUT2D eigenvalue weighted by atomic mass is 19.1. The van der Waals surface area contributed by atoms with Gasteiger partial charge in [0.2, 0.25) is 0 Å². The molecule has 0 aliphatic heterocycles. The number of nitro groups is 1. The molecule has 106 valence electrons. The third-order valence-corrected chi connectivity index (χ3v) is 2.87. The minimum Gasteiger partial charge on any atom is -0.309 e. The first-order chi connectivity index (χ1) is 10.1. The van der Waals surface area contributed by atoms with Crippen molar-refractivity contribution in [2.45, 2.75) is 13.1 Å². The molecule has 0 bridgehead atoms. The summed E-state index contributed by atoms with van der Waals surface area (Å²) in [6.07, 6.45) is 0. The van der Waals surface area contributed by atoms with E-state index < -0.39 is 10.7 Å². The number of hydrogen-bond acceptors (Lipinski definition) is 4. The maximum atomic E-state index is 13.3. The first kappa shape index (κ1) is 14.6. The smallest absolute Gasteiger partial charge is 0.272 e. The second kappa shape index (κ2) is 6.59. The number of hydrogen-bond donors (Lipinski definition) is 1. The lowest BCUT2D eigenvalue weighted by molar-refractivity contribution is -0.385. The van der Waals surface area contributed by atoms with E-state index in [1.165, 1.54) is 12.1 Å². The molecule has 2 rings (SSSR count). The van der Waals surface area contributed by atoms with Crippen molar-refractivity contribution in [3.05, 3.63) is 75.1 Å². The second-order valence-corrected chi connectivity index (χ2v) is 4.49. The zero-order chi connectivity index (χ0) is 15.2. The molecular formula is C15H12FN3O2. The van der Waals surface area contributed by atoms with Gasteiger partial charge in [-0.1, -0.05) is 12.1 Å². The predicted octanol–water partition coefficient (Wildman–Crippen LogP) is 2.90. The number of benzene rings is 2. The van der Waals surface area contributed by atoms with Crippen molar-refractivity contribution >= 4 is 5.69 Å². The molecule has 2 aromatic carbocycles. The number of nitrogens with one attached hydrogen (secondary N) is 1. The molecule has 0 radical (unpaired) electrons. The highest BCUT2D eigenvalue weighted by Crippen LogP contribution is 2.16. The van der Waals surface area contributed by atoms with Crippen LogP contribution in [0.3, 0.4) is 0 Å².